The van der Waals surface area contributed by atoms with Gasteiger partial charge in [-0.2, -0.15) is 13.2 Å². The molecule has 0 saturated heterocycles. The molecule has 1 heterocycles. The zero-order valence-electron chi connectivity index (χ0n) is 18.6. The molecule has 2 aromatic rings. The van der Waals surface area contributed by atoms with E-state index in [-0.39, 0.29) is 29.8 Å². The Balaban J connectivity index is 1.95. The molecule has 2 N–H and O–H groups in total. The zero-order valence-corrected chi connectivity index (χ0v) is 18.6. The molecule has 1 aromatic heterocycles. The second-order valence-electron chi connectivity index (χ2n) is 8.34. The smallest absolute Gasteiger partial charge is 0.422 e. The normalized spacial score (nSPS) is 17.6. The van der Waals surface area contributed by atoms with Crippen LogP contribution in [0.5, 0.6) is 5.88 Å². The first kappa shape index (κ1) is 24.5. The third-order valence-corrected chi connectivity index (χ3v) is 6.07. The summed E-state index contributed by atoms with van der Waals surface area (Å²) in [7, 11) is 0. The molecule has 3 rings (SSSR count). The Morgan fingerprint density at radius 3 is 2.25 bits per heavy atom. The molecule has 9 heteroatoms. The summed E-state index contributed by atoms with van der Waals surface area (Å²) in [6.07, 6.45) is -2.60. The van der Waals surface area contributed by atoms with Crippen molar-refractivity contribution < 1.29 is 32.9 Å². The van der Waals surface area contributed by atoms with Gasteiger partial charge in [-0.25, -0.2) is 0 Å². The van der Waals surface area contributed by atoms with Crippen molar-refractivity contribution in [2.45, 2.75) is 84.3 Å². The Morgan fingerprint density at radius 2 is 1.75 bits per heavy atom. The van der Waals surface area contributed by atoms with E-state index in [0.29, 0.717) is 24.8 Å². The number of aromatic nitrogens is 2. The van der Waals surface area contributed by atoms with Gasteiger partial charge in [0.25, 0.3) is 0 Å². The van der Waals surface area contributed by atoms with Crippen LogP contribution in [0.25, 0.3) is 0 Å². The number of alkyl halides is 3. The maximum absolute atomic E-state index is 14.1. The number of hydrogen-bond acceptors (Lipinski definition) is 5. The lowest BCUT2D eigenvalue weighted by Crippen LogP contribution is -2.31. The molecule has 0 aliphatic heterocycles. The molecule has 3 atom stereocenters. The molecule has 32 heavy (non-hydrogen) atoms. The highest BCUT2D eigenvalue weighted by atomic mass is 19.4. The predicted molar refractivity (Wildman–Crippen MR) is 112 cm³/mol. The van der Waals surface area contributed by atoms with E-state index >= 15 is 0 Å². The van der Waals surface area contributed by atoms with Gasteiger partial charge in [0, 0.05) is 12.3 Å². The maximum Gasteiger partial charge on any atom is 0.433 e. The summed E-state index contributed by atoms with van der Waals surface area (Å²) >= 11 is 0. The van der Waals surface area contributed by atoms with Crippen LogP contribution < -0.4 is 4.74 Å². The molecule has 1 fully saturated rings. The average Bonchev–Trinajstić information content (AvgIpc) is 3.03. The number of halogens is 3. The Labute approximate surface area is 186 Å². The van der Waals surface area contributed by atoms with Crippen molar-refractivity contribution in [2.75, 3.05) is 0 Å². The topological polar surface area (TPSA) is 76.7 Å². The minimum atomic E-state index is -4.65. The molecule has 0 bridgehead atoms. The molecule has 1 saturated carbocycles. The summed E-state index contributed by atoms with van der Waals surface area (Å²) in [5.41, 5.74) is 0.718. The minimum absolute atomic E-state index is 0.0679. The van der Waals surface area contributed by atoms with Gasteiger partial charge in [-0.15, -0.1) is 5.10 Å². The standard InChI is InChI=1S/C23H31F3N2O4/c1-4-14(3)21(29)32-22(30)31-20-18(13-16-11-9-15(5-2)10-12-16)19(23(24,25)26)28(27-20)17-7-6-8-17/h9-12,14,17,21-22,29-30H,4-8,13H2,1-3H3. The Bertz CT molecular complexity index is 879. The first-order chi connectivity index (χ1) is 15.1. The SMILES string of the molecule is CCc1ccc(Cc2c(OC(O)OC(O)C(C)CC)nn(C3CCC3)c2C(F)(F)F)cc1. The van der Waals surface area contributed by atoms with Crippen molar-refractivity contribution in [1.82, 2.24) is 9.78 Å². The molecule has 0 radical (unpaired) electrons. The predicted octanol–water partition coefficient (Wildman–Crippen LogP) is 4.82. The second-order valence-corrected chi connectivity index (χ2v) is 8.34. The summed E-state index contributed by atoms with van der Waals surface area (Å²) in [6.45, 7) is 3.60. The van der Waals surface area contributed by atoms with Gasteiger partial charge in [0.2, 0.25) is 5.88 Å². The first-order valence-electron chi connectivity index (χ1n) is 11.1. The lowest BCUT2D eigenvalue weighted by atomic mass is 9.93. The molecule has 6 nitrogen and oxygen atoms in total. The number of ether oxygens (including phenoxy) is 2. The number of aryl methyl sites for hydroxylation is 1. The highest BCUT2D eigenvalue weighted by molar-refractivity contribution is 5.39. The fourth-order valence-corrected chi connectivity index (χ4v) is 3.57. The highest BCUT2D eigenvalue weighted by Gasteiger charge is 2.43. The monoisotopic (exact) mass is 456 g/mol. The number of rotatable bonds is 10. The Hall–Kier alpha value is -2.10. The molecule has 0 spiro atoms. The van der Waals surface area contributed by atoms with Crippen LogP contribution in [-0.2, 0) is 23.8 Å². The Kier molecular flexibility index (Phi) is 7.84. The average molecular weight is 457 g/mol. The van der Waals surface area contributed by atoms with Gasteiger partial charge in [0.05, 0.1) is 11.6 Å². The Morgan fingerprint density at radius 1 is 1.12 bits per heavy atom. The van der Waals surface area contributed by atoms with E-state index in [0.717, 1.165) is 23.1 Å². The van der Waals surface area contributed by atoms with Crippen LogP contribution in [0.2, 0.25) is 0 Å². The van der Waals surface area contributed by atoms with Crippen molar-refractivity contribution in [2.24, 2.45) is 5.92 Å². The fourth-order valence-electron chi connectivity index (χ4n) is 3.57. The van der Waals surface area contributed by atoms with E-state index in [1.54, 1.807) is 19.1 Å². The van der Waals surface area contributed by atoms with Crippen LogP contribution in [0.15, 0.2) is 24.3 Å². The molecule has 1 aliphatic rings. The summed E-state index contributed by atoms with van der Waals surface area (Å²) < 4.78 is 53.7. The van der Waals surface area contributed by atoms with Crippen molar-refractivity contribution in [3.8, 4) is 5.88 Å². The summed E-state index contributed by atoms with van der Waals surface area (Å²) in [5.74, 6) is -0.629. The minimum Gasteiger partial charge on any atom is -0.422 e. The number of aliphatic hydroxyl groups excluding tert-OH is 2. The molecular weight excluding hydrogens is 425 g/mol. The number of benzene rings is 1. The number of hydrogen-bond donors (Lipinski definition) is 2. The number of aliphatic hydroxyl groups is 2. The fraction of sp³-hybridized carbons (Fsp3) is 0.609. The van der Waals surface area contributed by atoms with Gasteiger partial charge < -0.3 is 14.9 Å². The van der Waals surface area contributed by atoms with Gasteiger partial charge >= 0.3 is 12.7 Å². The van der Waals surface area contributed by atoms with Crippen molar-refractivity contribution in [3.05, 3.63) is 46.6 Å². The highest BCUT2D eigenvalue weighted by Crippen LogP contribution is 2.43. The van der Waals surface area contributed by atoms with Crippen LogP contribution in [0, 0.1) is 5.92 Å². The van der Waals surface area contributed by atoms with E-state index in [1.807, 2.05) is 26.0 Å². The van der Waals surface area contributed by atoms with E-state index in [4.69, 9.17) is 9.47 Å². The zero-order chi connectivity index (χ0) is 23.5. The van der Waals surface area contributed by atoms with Crippen LogP contribution in [0.4, 0.5) is 13.2 Å². The van der Waals surface area contributed by atoms with E-state index < -0.39 is 24.6 Å². The lowest BCUT2D eigenvalue weighted by molar-refractivity contribution is -0.295. The molecule has 1 aliphatic carbocycles. The van der Waals surface area contributed by atoms with E-state index in [1.165, 1.54) is 0 Å². The third-order valence-electron chi connectivity index (χ3n) is 6.07. The van der Waals surface area contributed by atoms with Gasteiger partial charge in [-0.3, -0.25) is 9.42 Å². The lowest BCUT2D eigenvalue weighted by Gasteiger charge is -2.28. The maximum atomic E-state index is 14.1. The molecule has 3 unspecified atom stereocenters. The van der Waals surface area contributed by atoms with E-state index in [2.05, 4.69) is 5.10 Å². The van der Waals surface area contributed by atoms with Crippen molar-refractivity contribution >= 4 is 0 Å². The second kappa shape index (κ2) is 10.2. The van der Waals surface area contributed by atoms with Crippen LogP contribution in [0.3, 0.4) is 0 Å². The van der Waals surface area contributed by atoms with Gasteiger partial charge in [0.15, 0.2) is 6.29 Å². The van der Waals surface area contributed by atoms with E-state index in [9.17, 15) is 23.4 Å². The van der Waals surface area contributed by atoms with Crippen LogP contribution in [0.1, 0.15) is 74.9 Å². The molecular formula is C23H31F3N2O4. The van der Waals surface area contributed by atoms with Gasteiger partial charge in [0.1, 0.15) is 5.69 Å². The summed E-state index contributed by atoms with van der Waals surface area (Å²) in [6, 6.07) is 6.94. The number of nitrogens with zero attached hydrogens (tertiary/aromatic N) is 2. The van der Waals surface area contributed by atoms with Crippen molar-refractivity contribution in [1.29, 1.82) is 0 Å². The quantitative estimate of drug-likeness (QED) is 0.502. The third kappa shape index (κ3) is 5.63. The van der Waals surface area contributed by atoms with Gasteiger partial charge in [-0.1, -0.05) is 45.0 Å². The molecule has 178 valence electrons. The largest absolute Gasteiger partial charge is 0.433 e. The first-order valence-corrected chi connectivity index (χ1v) is 11.1. The molecule has 1 aromatic carbocycles. The van der Waals surface area contributed by atoms with Crippen LogP contribution in [-0.4, -0.2) is 32.8 Å². The van der Waals surface area contributed by atoms with Crippen LogP contribution >= 0.6 is 0 Å². The summed E-state index contributed by atoms with van der Waals surface area (Å²) in [5, 5.41) is 24.2. The summed E-state index contributed by atoms with van der Waals surface area (Å²) in [4.78, 5) is 0. The van der Waals surface area contributed by atoms with Crippen molar-refractivity contribution in [3.63, 3.8) is 0 Å². The van der Waals surface area contributed by atoms with Gasteiger partial charge in [-0.05, 0) is 43.2 Å². The molecule has 0 amide bonds.